The normalized spacial score (nSPS) is 18.5. The molecule has 1 aliphatic carbocycles. The van der Waals surface area contributed by atoms with Crippen molar-refractivity contribution in [2.75, 3.05) is 0 Å². The van der Waals surface area contributed by atoms with E-state index in [1.807, 2.05) is 36.5 Å². The summed E-state index contributed by atoms with van der Waals surface area (Å²) in [6.07, 6.45) is 8.25. The third-order valence-corrected chi connectivity index (χ3v) is 5.78. The molecule has 1 aromatic carbocycles. The lowest BCUT2D eigenvalue weighted by Gasteiger charge is -2.17. The Morgan fingerprint density at radius 1 is 1.23 bits per heavy atom. The van der Waals surface area contributed by atoms with Crippen molar-refractivity contribution in [1.82, 2.24) is 19.7 Å². The van der Waals surface area contributed by atoms with E-state index in [2.05, 4.69) is 10.4 Å². The molecule has 1 aliphatic rings. The van der Waals surface area contributed by atoms with Gasteiger partial charge in [-0.1, -0.05) is 12.1 Å². The Labute approximate surface area is 177 Å². The molecule has 0 spiro atoms. The zero-order valence-corrected chi connectivity index (χ0v) is 16.8. The van der Waals surface area contributed by atoms with Crippen molar-refractivity contribution in [3.8, 4) is 5.69 Å². The highest BCUT2D eigenvalue weighted by Crippen LogP contribution is 2.22. The van der Waals surface area contributed by atoms with Gasteiger partial charge in [0.1, 0.15) is 0 Å². The van der Waals surface area contributed by atoms with Gasteiger partial charge in [0.2, 0.25) is 0 Å². The number of benzene rings is 1. The Balaban J connectivity index is 1.45. The molecule has 5 rings (SSSR count). The second kappa shape index (κ2) is 7.88. The van der Waals surface area contributed by atoms with Crippen molar-refractivity contribution in [2.24, 2.45) is 0 Å². The molecule has 0 unspecified atom stereocenters. The van der Waals surface area contributed by atoms with Gasteiger partial charge in [-0.05, 0) is 49.1 Å². The van der Waals surface area contributed by atoms with Gasteiger partial charge in [0, 0.05) is 18.6 Å². The molecule has 1 saturated carbocycles. The van der Waals surface area contributed by atoms with Crippen LogP contribution in [0.3, 0.4) is 0 Å². The van der Waals surface area contributed by atoms with Crippen LogP contribution >= 0.6 is 0 Å². The number of amides is 1. The van der Waals surface area contributed by atoms with Crippen molar-refractivity contribution >= 4 is 16.9 Å². The van der Waals surface area contributed by atoms with Crippen LogP contribution < -0.4 is 10.9 Å². The number of nitrogens with one attached hydrogen (secondary N) is 1. The highest BCUT2D eigenvalue weighted by molar-refractivity contribution is 6.04. The van der Waals surface area contributed by atoms with Crippen molar-refractivity contribution in [2.45, 2.75) is 38.0 Å². The average Bonchev–Trinajstić information content (AvgIpc) is 3.53. The van der Waals surface area contributed by atoms with Crippen LogP contribution in [0.15, 0.2) is 70.5 Å². The highest BCUT2D eigenvalue weighted by Gasteiger charge is 2.28. The van der Waals surface area contributed by atoms with E-state index in [9.17, 15) is 14.7 Å². The number of aliphatic hydroxyl groups excluding tert-OH is 1. The molecule has 0 radical (unpaired) electrons. The lowest BCUT2D eigenvalue weighted by atomic mass is 10.1. The maximum atomic E-state index is 12.9. The van der Waals surface area contributed by atoms with Gasteiger partial charge < -0.3 is 19.4 Å². The van der Waals surface area contributed by atoms with E-state index in [1.54, 1.807) is 16.9 Å². The number of hydrogen-bond acceptors (Lipinski definition) is 5. The van der Waals surface area contributed by atoms with Crippen LogP contribution in [0.1, 0.15) is 35.2 Å². The van der Waals surface area contributed by atoms with E-state index >= 15 is 0 Å². The number of fused-ring (bicyclic) bond motifs is 1. The van der Waals surface area contributed by atoms with E-state index < -0.39 is 6.10 Å². The van der Waals surface area contributed by atoms with Crippen LogP contribution in [0.2, 0.25) is 0 Å². The van der Waals surface area contributed by atoms with Crippen molar-refractivity contribution in [3.05, 3.63) is 82.7 Å². The summed E-state index contributed by atoms with van der Waals surface area (Å²) in [5, 5.41) is 17.5. The molecule has 2 atom stereocenters. The van der Waals surface area contributed by atoms with Crippen LogP contribution in [0.4, 0.5) is 0 Å². The smallest absolute Gasteiger partial charge is 0.262 e. The Morgan fingerprint density at radius 3 is 2.77 bits per heavy atom. The average molecular weight is 418 g/mol. The molecule has 2 N–H and O–H groups in total. The maximum absolute atomic E-state index is 12.9. The number of aliphatic hydroxyl groups is 1. The number of aromatic nitrogens is 3. The first-order chi connectivity index (χ1) is 15.1. The lowest BCUT2D eigenvalue weighted by Crippen LogP contribution is -2.40. The molecule has 3 aromatic heterocycles. The number of pyridine rings is 1. The molecule has 158 valence electrons. The van der Waals surface area contributed by atoms with Crippen molar-refractivity contribution in [1.29, 1.82) is 0 Å². The molecule has 0 saturated heterocycles. The van der Waals surface area contributed by atoms with Gasteiger partial charge in [0.25, 0.3) is 11.5 Å². The molecule has 1 fully saturated rings. The summed E-state index contributed by atoms with van der Waals surface area (Å²) in [5.74, 6) is -0.353. The van der Waals surface area contributed by atoms with E-state index in [0.29, 0.717) is 18.4 Å². The van der Waals surface area contributed by atoms with Gasteiger partial charge in [0.05, 0.1) is 41.6 Å². The zero-order valence-electron chi connectivity index (χ0n) is 16.8. The van der Waals surface area contributed by atoms with E-state index in [-0.39, 0.29) is 28.7 Å². The van der Waals surface area contributed by atoms with Gasteiger partial charge in [0.15, 0.2) is 5.58 Å². The molecule has 31 heavy (non-hydrogen) atoms. The fourth-order valence-electron chi connectivity index (χ4n) is 4.12. The first kappa shape index (κ1) is 19.3. The third kappa shape index (κ3) is 3.66. The number of rotatable bonds is 5. The summed E-state index contributed by atoms with van der Waals surface area (Å²) in [4.78, 5) is 25.9. The van der Waals surface area contributed by atoms with Gasteiger partial charge >= 0.3 is 0 Å². The number of carbonyl (C=O) groups excluding carboxylic acids is 1. The molecule has 3 heterocycles. The Bertz CT molecular complexity index is 1270. The summed E-state index contributed by atoms with van der Waals surface area (Å²) < 4.78 is 8.73. The van der Waals surface area contributed by atoms with Gasteiger partial charge in [-0.3, -0.25) is 9.59 Å². The first-order valence-corrected chi connectivity index (χ1v) is 10.3. The number of furan rings is 1. The van der Waals surface area contributed by atoms with Crippen LogP contribution in [0, 0.1) is 0 Å². The second-order valence-corrected chi connectivity index (χ2v) is 7.83. The van der Waals surface area contributed by atoms with Crippen molar-refractivity contribution in [3.63, 3.8) is 0 Å². The third-order valence-electron chi connectivity index (χ3n) is 5.78. The fraction of sp³-hybridized carbons (Fsp3) is 0.261. The maximum Gasteiger partial charge on any atom is 0.262 e. The molecule has 4 aromatic rings. The lowest BCUT2D eigenvalue weighted by molar-refractivity contribution is 0.0873. The van der Waals surface area contributed by atoms with E-state index in [1.165, 1.54) is 17.0 Å². The summed E-state index contributed by atoms with van der Waals surface area (Å²) >= 11 is 0. The quantitative estimate of drug-likeness (QED) is 0.518. The molecule has 1 amide bonds. The minimum Gasteiger partial charge on any atom is -0.463 e. The zero-order chi connectivity index (χ0) is 21.4. The van der Waals surface area contributed by atoms with Crippen LogP contribution in [-0.2, 0) is 6.54 Å². The van der Waals surface area contributed by atoms with Gasteiger partial charge in [-0.15, -0.1) is 0 Å². The summed E-state index contributed by atoms with van der Waals surface area (Å²) in [5.41, 5.74) is 2.16. The Hall–Kier alpha value is -3.65. The van der Waals surface area contributed by atoms with Crippen LogP contribution in [0.25, 0.3) is 16.7 Å². The van der Waals surface area contributed by atoms with Crippen molar-refractivity contribution < 1.29 is 14.3 Å². The van der Waals surface area contributed by atoms with Crippen LogP contribution in [0.5, 0.6) is 0 Å². The Morgan fingerprint density at radius 2 is 2.06 bits per heavy atom. The predicted octanol–water partition coefficient (Wildman–Crippen LogP) is 2.47. The SMILES string of the molecule is O=C(N[C@H]1CCC[C@@H]1O)c1cn(Cc2ccc(-n3cccn3)cc2)c(=O)c2ccoc12. The minimum atomic E-state index is -0.546. The summed E-state index contributed by atoms with van der Waals surface area (Å²) in [7, 11) is 0. The molecule has 0 aliphatic heterocycles. The van der Waals surface area contributed by atoms with Gasteiger partial charge in [-0.2, -0.15) is 5.10 Å². The second-order valence-electron chi connectivity index (χ2n) is 7.83. The number of carbonyl (C=O) groups is 1. The topological polar surface area (TPSA) is 102 Å². The minimum absolute atomic E-state index is 0.225. The standard InChI is InChI=1S/C23H22N4O4/c28-20-4-1-3-19(20)25-22(29)18-14-26(23(30)17-9-12-31-21(17)18)13-15-5-7-16(8-6-15)27-11-2-10-24-27/h2,5-12,14,19-20,28H,1,3-4,13H2,(H,25,29)/t19-,20-/m0/s1. The fourth-order valence-corrected chi connectivity index (χ4v) is 4.12. The van der Waals surface area contributed by atoms with Gasteiger partial charge in [-0.25, -0.2) is 4.68 Å². The largest absolute Gasteiger partial charge is 0.463 e. The highest BCUT2D eigenvalue weighted by atomic mass is 16.3. The van der Waals surface area contributed by atoms with Crippen LogP contribution in [-0.4, -0.2) is 37.5 Å². The predicted molar refractivity (Wildman–Crippen MR) is 114 cm³/mol. The number of hydrogen-bond donors (Lipinski definition) is 2. The number of nitrogens with zero attached hydrogens (tertiary/aromatic N) is 3. The van der Waals surface area contributed by atoms with E-state index in [4.69, 9.17) is 4.42 Å². The van der Waals surface area contributed by atoms with E-state index in [0.717, 1.165) is 24.1 Å². The molecule has 8 heteroatoms. The Kier molecular flexibility index (Phi) is 4.91. The first-order valence-electron chi connectivity index (χ1n) is 10.3. The molecular formula is C23H22N4O4. The summed E-state index contributed by atoms with van der Waals surface area (Å²) in [6.45, 7) is 0.311. The summed E-state index contributed by atoms with van der Waals surface area (Å²) in [6, 6.07) is 10.9. The molecular weight excluding hydrogens is 396 g/mol. The molecule has 8 nitrogen and oxygen atoms in total. The monoisotopic (exact) mass is 418 g/mol. The molecule has 0 bridgehead atoms.